The maximum absolute atomic E-state index is 12.4. The fraction of sp³-hybridized carbons (Fsp3) is 0.875. The Bertz CT molecular complexity index is 438. The smallest absolute Gasteiger partial charge is 0.241 e. The SMILES string of the molecule is CCOC1CC(N)(C(=O)NCC(=O)N2CCCCC2)C1(C)C.Cl. The van der Waals surface area contributed by atoms with Crippen LogP contribution in [0.1, 0.15) is 46.5 Å². The van der Waals surface area contributed by atoms with E-state index in [9.17, 15) is 9.59 Å². The Morgan fingerprint density at radius 3 is 2.39 bits per heavy atom. The molecule has 1 aliphatic carbocycles. The average molecular weight is 348 g/mol. The molecular formula is C16H30ClN3O3. The van der Waals surface area contributed by atoms with Crippen molar-refractivity contribution < 1.29 is 14.3 Å². The Hall–Kier alpha value is -0.850. The Kier molecular flexibility index (Phi) is 6.86. The van der Waals surface area contributed by atoms with Crippen LogP contribution in [0, 0.1) is 5.41 Å². The van der Waals surface area contributed by atoms with E-state index in [1.165, 1.54) is 6.42 Å². The van der Waals surface area contributed by atoms with Crippen LogP contribution in [0.3, 0.4) is 0 Å². The number of carbonyl (C=O) groups is 2. The first-order valence-electron chi connectivity index (χ1n) is 8.29. The first-order chi connectivity index (χ1) is 10.3. The Balaban J connectivity index is 0.00000264. The fourth-order valence-electron chi connectivity index (χ4n) is 3.39. The Labute approximate surface area is 144 Å². The summed E-state index contributed by atoms with van der Waals surface area (Å²) in [5, 5.41) is 2.73. The molecule has 0 radical (unpaired) electrons. The van der Waals surface area contributed by atoms with Crippen LogP contribution in [-0.4, -0.2) is 54.6 Å². The van der Waals surface area contributed by atoms with Crippen molar-refractivity contribution in [3.63, 3.8) is 0 Å². The van der Waals surface area contributed by atoms with Gasteiger partial charge in [0.25, 0.3) is 0 Å². The molecule has 134 valence electrons. The van der Waals surface area contributed by atoms with Gasteiger partial charge in [0.15, 0.2) is 0 Å². The lowest BCUT2D eigenvalue weighted by Gasteiger charge is -2.57. The largest absolute Gasteiger partial charge is 0.378 e. The van der Waals surface area contributed by atoms with Gasteiger partial charge < -0.3 is 20.7 Å². The van der Waals surface area contributed by atoms with Crippen molar-refractivity contribution in [2.75, 3.05) is 26.2 Å². The molecule has 7 heteroatoms. The van der Waals surface area contributed by atoms with Crippen LogP contribution in [0.15, 0.2) is 0 Å². The summed E-state index contributed by atoms with van der Waals surface area (Å²) in [5.41, 5.74) is 4.90. The predicted molar refractivity (Wildman–Crippen MR) is 91.4 cm³/mol. The van der Waals surface area contributed by atoms with Crippen molar-refractivity contribution in [3.8, 4) is 0 Å². The second kappa shape index (κ2) is 7.81. The van der Waals surface area contributed by atoms with Crippen molar-refractivity contribution in [2.24, 2.45) is 11.1 Å². The highest BCUT2D eigenvalue weighted by Gasteiger charge is 2.62. The fourth-order valence-corrected chi connectivity index (χ4v) is 3.39. The van der Waals surface area contributed by atoms with Gasteiger partial charge in [0.05, 0.1) is 12.6 Å². The van der Waals surface area contributed by atoms with E-state index in [-0.39, 0.29) is 36.9 Å². The first-order valence-corrected chi connectivity index (χ1v) is 8.29. The summed E-state index contributed by atoms with van der Waals surface area (Å²) in [6.45, 7) is 8.06. The van der Waals surface area contributed by atoms with Crippen LogP contribution in [0.5, 0.6) is 0 Å². The van der Waals surface area contributed by atoms with Crippen LogP contribution in [0.25, 0.3) is 0 Å². The molecule has 2 atom stereocenters. The first kappa shape index (κ1) is 20.2. The maximum atomic E-state index is 12.4. The molecule has 0 spiro atoms. The number of nitrogens with zero attached hydrogens (tertiary/aromatic N) is 1. The molecule has 2 fully saturated rings. The number of carbonyl (C=O) groups excluding carboxylic acids is 2. The molecule has 0 aromatic heterocycles. The second-order valence-corrected chi connectivity index (χ2v) is 6.97. The molecule has 2 amide bonds. The maximum Gasteiger partial charge on any atom is 0.241 e. The summed E-state index contributed by atoms with van der Waals surface area (Å²) in [6, 6.07) is 0. The zero-order valence-corrected chi connectivity index (χ0v) is 15.2. The number of likely N-dealkylation sites (tertiary alicyclic amines) is 1. The quantitative estimate of drug-likeness (QED) is 0.779. The van der Waals surface area contributed by atoms with Gasteiger partial charge in [-0.3, -0.25) is 9.59 Å². The lowest BCUT2D eigenvalue weighted by molar-refractivity contribution is -0.171. The minimum atomic E-state index is -0.963. The van der Waals surface area contributed by atoms with E-state index < -0.39 is 11.0 Å². The third kappa shape index (κ3) is 3.80. The van der Waals surface area contributed by atoms with Crippen LogP contribution >= 0.6 is 12.4 Å². The van der Waals surface area contributed by atoms with E-state index >= 15 is 0 Å². The van der Waals surface area contributed by atoms with Crippen molar-refractivity contribution in [1.29, 1.82) is 0 Å². The van der Waals surface area contributed by atoms with Crippen molar-refractivity contribution >= 4 is 24.2 Å². The lowest BCUT2D eigenvalue weighted by Crippen LogP contribution is -2.76. The summed E-state index contributed by atoms with van der Waals surface area (Å²) in [5.74, 6) is -0.269. The molecule has 0 aromatic carbocycles. The highest BCUT2D eigenvalue weighted by molar-refractivity contribution is 5.92. The molecule has 0 bridgehead atoms. The third-order valence-corrected chi connectivity index (χ3v) is 5.34. The Morgan fingerprint density at radius 2 is 1.87 bits per heavy atom. The minimum absolute atomic E-state index is 0. The summed E-state index contributed by atoms with van der Waals surface area (Å²) in [7, 11) is 0. The number of hydrogen-bond acceptors (Lipinski definition) is 4. The molecular weight excluding hydrogens is 318 g/mol. The van der Waals surface area contributed by atoms with Crippen LogP contribution < -0.4 is 11.1 Å². The highest BCUT2D eigenvalue weighted by Crippen LogP contribution is 2.49. The Morgan fingerprint density at radius 1 is 1.26 bits per heavy atom. The van der Waals surface area contributed by atoms with Gasteiger partial charge in [-0.2, -0.15) is 0 Å². The number of halogens is 1. The van der Waals surface area contributed by atoms with Crippen LogP contribution in [0.2, 0.25) is 0 Å². The molecule has 2 aliphatic rings. The van der Waals surface area contributed by atoms with Gasteiger partial charge in [-0.1, -0.05) is 13.8 Å². The number of hydrogen-bond donors (Lipinski definition) is 2. The average Bonchev–Trinajstić information content (AvgIpc) is 2.52. The van der Waals surface area contributed by atoms with Crippen LogP contribution in [-0.2, 0) is 14.3 Å². The number of ether oxygens (including phenoxy) is 1. The van der Waals surface area contributed by atoms with Crippen LogP contribution in [0.4, 0.5) is 0 Å². The minimum Gasteiger partial charge on any atom is -0.378 e. The third-order valence-electron chi connectivity index (χ3n) is 5.34. The second-order valence-electron chi connectivity index (χ2n) is 6.97. The molecule has 1 aliphatic heterocycles. The monoisotopic (exact) mass is 347 g/mol. The van der Waals surface area contributed by atoms with Crippen molar-refractivity contribution in [2.45, 2.75) is 58.1 Å². The normalized spacial score (nSPS) is 29.2. The van der Waals surface area contributed by atoms with Crippen molar-refractivity contribution in [3.05, 3.63) is 0 Å². The van der Waals surface area contributed by atoms with E-state index in [2.05, 4.69) is 5.32 Å². The number of piperidine rings is 1. The predicted octanol–water partition coefficient (Wildman–Crippen LogP) is 1.07. The van der Waals surface area contributed by atoms with Gasteiger partial charge >= 0.3 is 0 Å². The van der Waals surface area contributed by atoms with Crippen molar-refractivity contribution in [1.82, 2.24) is 10.2 Å². The standard InChI is InChI=1S/C16H29N3O3.ClH/c1-4-22-12-10-16(17,15(12,2)3)14(21)18-11-13(20)19-8-6-5-7-9-19;/h12H,4-11,17H2,1-3H3,(H,18,21);1H. The van der Waals surface area contributed by atoms with Gasteiger partial charge in [0.2, 0.25) is 11.8 Å². The van der Waals surface area contributed by atoms with E-state index in [0.717, 1.165) is 25.9 Å². The number of rotatable bonds is 5. The molecule has 1 saturated carbocycles. The summed E-state index contributed by atoms with van der Waals surface area (Å²) in [6.07, 6.45) is 3.76. The van der Waals surface area contributed by atoms with Gasteiger partial charge in [-0.05, 0) is 26.2 Å². The summed E-state index contributed by atoms with van der Waals surface area (Å²) >= 11 is 0. The van der Waals surface area contributed by atoms with Gasteiger partial charge in [-0.25, -0.2) is 0 Å². The number of amides is 2. The number of nitrogens with one attached hydrogen (secondary N) is 1. The zero-order chi connectivity index (χ0) is 16.4. The lowest BCUT2D eigenvalue weighted by atomic mass is 9.54. The zero-order valence-electron chi connectivity index (χ0n) is 14.4. The summed E-state index contributed by atoms with van der Waals surface area (Å²) < 4.78 is 5.62. The molecule has 23 heavy (non-hydrogen) atoms. The molecule has 6 nitrogen and oxygen atoms in total. The van der Waals surface area contributed by atoms with E-state index in [1.807, 2.05) is 25.7 Å². The molecule has 2 rings (SSSR count). The van der Waals surface area contributed by atoms with E-state index in [1.54, 1.807) is 0 Å². The molecule has 3 N–H and O–H groups in total. The van der Waals surface area contributed by atoms with Gasteiger partial charge in [-0.15, -0.1) is 12.4 Å². The van der Waals surface area contributed by atoms with Gasteiger partial charge in [0.1, 0.15) is 5.54 Å². The van der Waals surface area contributed by atoms with Gasteiger partial charge in [0, 0.05) is 31.5 Å². The van der Waals surface area contributed by atoms with E-state index in [4.69, 9.17) is 10.5 Å². The summed E-state index contributed by atoms with van der Waals surface area (Å²) in [4.78, 5) is 26.4. The van der Waals surface area contributed by atoms with E-state index in [0.29, 0.717) is 13.0 Å². The molecule has 2 unspecified atom stereocenters. The topological polar surface area (TPSA) is 84.7 Å². The molecule has 1 saturated heterocycles. The molecule has 1 heterocycles. The highest BCUT2D eigenvalue weighted by atomic mass is 35.5. The number of nitrogens with two attached hydrogens (primary N) is 1. The molecule has 0 aromatic rings.